The third-order valence-electron chi connectivity index (χ3n) is 8.66. The smallest absolute Gasteiger partial charge is 0.155 e. The number of fused-ring (bicyclic) bond motifs is 7. The third kappa shape index (κ3) is 4.32. The minimum Gasteiger partial charge on any atom is -0.454 e. The van der Waals surface area contributed by atoms with Crippen molar-refractivity contribution in [2.75, 3.05) is 4.90 Å². The Kier molecular flexibility index (Phi) is 6.03. The molecule has 2 nitrogen and oxygen atoms in total. The number of nitrogens with zero attached hydrogens (tertiary/aromatic N) is 1. The first-order valence-corrected chi connectivity index (χ1v) is 16.0. The summed E-state index contributed by atoms with van der Waals surface area (Å²) < 4.78 is 9.12. The average Bonchev–Trinajstić information content (AvgIpc) is 3.69. The Bertz CT molecular complexity index is 2470. The van der Waals surface area contributed by atoms with Crippen LogP contribution in [0.3, 0.4) is 0 Å². The second kappa shape index (κ2) is 10.5. The SMILES string of the molecule is c1ccc(-c2cccc(-c3ccc(N(c4ccccc4)c4cc5c6ccccc6sc5c5oc6ccccc6c45)cc3)c2)cc1. The van der Waals surface area contributed by atoms with Crippen molar-refractivity contribution < 1.29 is 4.42 Å². The maximum Gasteiger partial charge on any atom is 0.155 e. The van der Waals surface area contributed by atoms with Gasteiger partial charge in [0.25, 0.3) is 0 Å². The lowest BCUT2D eigenvalue weighted by Gasteiger charge is -2.26. The molecular weight excluding hydrogens is 567 g/mol. The van der Waals surface area contributed by atoms with Crippen LogP contribution < -0.4 is 4.90 Å². The molecule has 2 aromatic heterocycles. The Hall–Kier alpha value is -5.64. The molecule has 0 amide bonds. The predicted molar refractivity (Wildman–Crippen MR) is 192 cm³/mol. The van der Waals surface area contributed by atoms with E-state index in [9.17, 15) is 0 Å². The fourth-order valence-electron chi connectivity index (χ4n) is 6.54. The number of rotatable bonds is 5. The topological polar surface area (TPSA) is 16.4 Å². The summed E-state index contributed by atoms with van der Waals surface area (Å²) in [5.41, 5.74) is 9.96. The highest BCUT2D eigenvalue weighted by molar-refractivity contribution is 7.26. The van der Waals surface area contributed by atoms with Crippen LogP contribution in [0.1, 0.15) is 0 Å². The Balaban J connectivity index is 1.26. The molecule has 0 saturated heterocycles. The van der Waals surface area contributed by atoms with Gasteiger partial charge in [-0.2, -0.15) is 0 Å². The number of benzene rings is 7. The highest BCUT2D eigenvalue weighted by Crippen LogP contribution is 2.49. The van der Waals surface area contributed by atoms with Gasteiger partial charge >= 0.3 is 0 Å². The quantitative estimate of drug-likeness (QED) is 0.197. The van der Waals surface area contributed by atoms with Gasteiger partial charge in [-0.1, -0.05) is 115 Å². The van der Waals surface area contributed by atoms with Crippen LogP contribution in [0, 0.1) is 0 Å². The lowest BCUT2D eigenvalue weighted by Crippen LogP contribution is -2.10. The Morgan fingerprint density at radius 1 is 0.444 bits per heavy atom. The van der Waals surface area contributed by atoms with Gasteiger partial charge in [0, 0.05) is 32.2 Å². The van der Waals surface area contributed by atoms with Gasteiger partial charge in [-0.05, 0) is 70.8 Å². The minimum atomic E-state index is 0.903. The molecule has 0 bridgehead atoms. The van der Waals surface area contributed by atoms with Gasteiger partial charge in [-0.15, -0.1) is 11.3 Å². The van der Waals surface area contributed by atoms with Crippen LogP contribution >= 0.6 is 11.3 Å². The van der Waals surface area contributed by atoms with Crippen LogP contribution in [0.2, 0.25) is 0 Å². The largest absolute Gasteiger partial charge is 0.454 e. The van der Waals surface area contributed by atoms with E-state index in [2.05, 4.69) is 163 Å². The Labute approximate surface area is 265 Å². The highest BCUT2D eigenvalue weighted by Gasteiger charge is 2.23. The molecule has 0 aliphatic carbocycles. The summed E-state index contributed by atoms with van der Waals surface area (Å²) in [4.78, 5) is 2.38. The van der Waals surface area contributed by atoms with Crippen LogP contribution in [0.25, 0.3) is 64.4 Å². The maximum atomic E-state index is 6.67. The molecule has 0 spiro atoms. The third-order valence-corrected chi connectivity index (χ3v) is 9.84. The van der Waals surface area contributed by atoms with E-state index in [0.717, 1.165) is 39.0 Å². The van der Waals surface area contributed by atoms with Crippen LogP contribution in [0.15, 0.2) is 168 Å². The van der Waals surface area contributed by atoms with Gasteiger partial charge in [-0.3, -0.25) is 0 Å². The summed E-state index contributed by atoms with van der Waals surface area (Å²) >= 11 is 1.81. The van der Waals surface area contributed by atoms with E-state index in [1.54, 1.807) is 11.3 Å². The standard InChI is InChI=1S/C42H27NOS/c1-3-12-28(13-4-1)30-14-11-15-31(26-30)29-22-24-33(25-23-29)43(32-16-5-2-6-17-32)37-27-36-34-18-8-10-21-39(34)45-42(36)41-40(37)35-19-7-9-20-38(35)44-41/h1-27H. The first-order valence-electron chi connectivity index (χ1n) is 15.2. The van der Waals surface area contributed by atoms with Crippen molar-refractivity contribution >= 4 is 70.5 Å². The molecular formula is C42H27NOS. The van der Waals surface area contributed by atoms with Gasteiger partial charge in [0.1, 0.15) is 5.58 Å². The van der Waals surface area contributed by atoms with Gasteiger partial charge < -0.3 is 9.32 Å². The normalized spacial score (nSPS) is 11.6. The zero-order valence-electron chi connectivity index (χ0n) is 24.4. The molecule has 9 rings (SSSR count). The van der Waals surface area contributed by atoms with Crippen molar-refractivity contribution in [1.29, 1.82) is 0 Å². The summed E-state index contributed by atoms with van der Waals surface area (Å²) in [5, 5.41) is 4.72. The van der Waals surface area contributed by atoms with Gasteiger partial charge in [0.2, 0.25) is 0 Å². The fraction of sp³-hybridized carbons (Fsp3) is 0. The number of hydrogen-bond donors (Lipinski definition) is 0. The average molecular weight is 594 g/mol. The molecule has 0 N–H and O–H groups in total. The van der Waals surface area contributed by atoms with E-state index in [1.165, 1.54) is 42.4 Å². The van der Waals surface area contributed by atoms with E-state index in [4.69, 9.17) is 4.42 Å². The Morgan fingerprint density at radius 2 is 1.04 bits per heavy atom. The molecule has 7 aromatic carbocycles. The van der Waals surface area contributed by atoms with Crippen LogP contribution in [0.4, 0.5) is 17.1 Å². The van der Waals surface area contributed by atoms with E-state index in [0.29, 0.717) is 0 Å². The van der Waals surface area contributed by atoms with E-state index in [1.807, 2.05) is 6.07 Å². The Morgan fingerprint density at radius 3 is 1.82 bits per heavy atom. The molecule has 0 saturated carbocycles. The van der Waals surface area contributed by atoms with Crippen molar-refractivity contribution in [2.24, 2.45) is 0 Å². The highest BCUT2D eigenvalue weighted by atomic mass is 32.1. The van der Waals surface area contributed by atoms with Crippen molar-refractivity contribution in [3.63, 3.8) is 0 Å². The molecule has 3 heteroatoms. The summed E-state index contributed by atoms with van der Waals surface area (Å²) in [6.45, 7) is 0. The predicted octanol–water partition coefficient (Wildman–Crippen LogP) is 12.8. The molecule has 2 heterocycles. The molecule has 212 valence electrons. The zero-order valence-corrected chi connectivity index (χ0v) is 25.2. The first kappa shape index (κ1) is 25.8. The van der Waals surface area contributed by atoms with Crippen LogP contribution in [0.5, 0.6) is 0 Å². The second-order valence-electron chi connectivity index (χ2n) is 11.3. The summed E-state index contributed by atoms with van der Waals surface area (Å²) in [5.74, 6) is 0. The number of para-hydroxylation sites is 2. The summed E-state index contributed by atoms with van der Waals surface area (Å²) in [6, 6.07) is 58.3. The maximum absolute atomic E-state index is 6.67. The van der Waals surface area contributed by atoms with E-state index in [-0.39, 0.29) is 0 Å². The summed E-state index contributed by atoms with van der Waals surface area (Å²) in [7, 11) is 0. The zero-order chi connectivity index (χ0) is 29.7. The number of anilines is 3. The number of thiophene rings is 1. The summed E-state index contributed by atoms with van der Waals surface area (Å²) in [6.07, 6.45) is 0. The lowest BCUT2D eigenvalue weighted by atomic mass is 9.98. The van der Waals surface area contributed by atoms with Crippen LogP contribution in [-0.2, 0) is 0 Å². The van der Waals surface area contributed by atoms with Gasteiger partial charge in [0.05, 0.1) is 15.8 Å². The van der Waals surface area contributed by atoms with Crippen molar-refractivity contribution in [1.82, 2.24) is 0 Å². The lowest BCUT2D eigenvalue weighted by molar-refractivity contribution is 0.673. The molecule has 9 aromatic rings. The van der Waals surface area contributed by atoms with E-state index < -0.39 is 0 Å². The number of furan rings is 1. The van der Waals surface area contributed by atoms with Crippen LogP contribution in [-0.4, -0.2) is 0 Å². The first-order chi connectivity index (χ1) is 22.3. The van der Waals surface area contributed by atoms with Crippen molar-refractivity contribution in [2.45, 2.75) is 0 Å². The van der Waals surface area contributed by atoms with E-state index >= 15 is 0 Å². The second-order valence-corrected chi connectivity index (χ2v) is 12.4. The fourth-order valence-corrected chi connectivity index (χ4v) is 7.71. The van der Waals surface area contributed by atoms with Gasteiger partial charge in [0.15, 0.2) is 5.58 Å². The monoisotopic (exact) mass is 593 g/mol. The molecule has 0 aliphatic heterocycles. The molecule has 0 fully saturated rings. The molecule has 0 atom stereocenters. The molecule has 0 radical (unpaired) electrons. The van der Waals surface area contributed by atoms with Crippen molar-refractivity contribution in [3.05, 3.63) is 164 Å². The number of hydrogen-bond acceptors (Lipinski definition) is 3. The van der Waals surface area contributed by atoms with Crippen molar-refractivity contribution in [3.8, 4) is 22.3 Å². The minimum absolute atomic E-state index is 0.903. The molecule has 0 aliphatic rings. The molecule has 45 heavy (non-hydrogen) atoms. The molecule has 0 unspecified atom stereocenters. The van der Waals surface area contributed by atoms with Gasteiger partial charge in [-0.25, -0.2) is 0 Å².